The molecule has 5 heteroatoms. The predicted molar refractivity (Wildman–Crippen MR) is 63.6 cm³/mol. The third-order valence-electron chi connectivity index (χ3n) is 3.57. The van der Waals surface area contributed by atoms with Crippen molar-refractivity contribution in [3.8, 4) is 0 Å². The zero-order valence-electron chi connectivity index (χ0n) is 10.4. The van der Waals surface area contributed by atoms with E-state index >= 15 is 0 Å². The summed E-state index contributed by atoms with van der Waals surface area (Å²) >= 11 is 0. The lowest BCUT2D eigenvalue weighted by atomic mass is 10.1. The summed E-state index contributed by atoms with van der Waals surface area (Å²) < 4.78 is 5.50. The lowest BCUT2D eigenvalue weighted by Crippen LogP contribution is -2.60. The van der Waals surface area contributed by atoms with Crippen LogP contribution in [-0.4, -0.2) is 40.7 Å². The molecule has 0 N–H and O–H groups in total. The second-order valence-corrected chi connectivity index (χ2v) is 5.02. The van der Waals surface area contributed by atoms with Crippen LogP contribution < -0.4 is 0 Å². The number of hydrogen-bond donors (Lipinski definition) is 0. The Morgan fingerprint density at radius 2 is 1.89 bits per heavy atom. The molecule has 2 aliphatic heterocycles. The van der Waals surface area contributed by atoms with Crippen LogP contribution in [0.5, 0.6) is 0 Å². The summed E-state index contributed by atoms with van der Waals surface area (Å²) in [5, 5.41) is 0. The molecule has 3 rings (SSSR count). The first kappa shape index (κ1) is 11.5. The van der Waals surface area contributed by atoms with Gasteiger partial charge in [-0.15, -0.1) is 0 Å². The van der Waals surface area contributed by atoms with Crippen LogP contribution in [0.4, 0.5) is 0 Å². The molecular weight excluding hydrogens is 232 g/mol. The summed E-state index contributed by atoms with van der Waals surface area (Å²) in [5.74, 6) is 1.81. The number of carbonyl (C=O) groups excluding carboxylic acids is 2. The average molecular weight is 248 g/mol. The van der Waals surface area contributed by atoms with Crippen molar-refractivity contribution in [1.29, 1.82) is 0 Å². The van der Waals surface area contributed by atoms with Crippen molar-refractivity contribution in [1.82, 2.24) is 9.80 Å². The second-order valence-electron chi connectivity index (χ2n) is 5.02. The van der Waals surface area contributed by atoms with Gasteiger partial charge in [-0.3, -0.25) is 19.4 Å². The van der Waals surface area contributed by atoms with Crippen LogP contribution >= 0.6 is 0 Å². The topological polar surface area (TPSA) is 53.8 Å². The van der Waals surface area contributed by atoms with Gasteiger partial charge in [0, 0.05) is 25.9 Å². The summed E-state index contributed by atoms with van der Waals surface area (Å²) in [6.07, 6.45) is 0.763. The monoisotopic (exact) mass is 248 g/mol. The Morgan fingerprint density at radius 3 is 2.44 bits per heavy atom. The van der Waals surface area contributed by atoms with Gasteiger partial charge in [0.05, 0.1) is 12.6 Å². The fourth-order valence-electron chi connectivity index (χ4n) is 2.63. The molecule has 0 bridgehead atoms. The van der Waals surface area contributed by atoms with E-state index < -0.39 is 0 Å². The Labute approximate surface area is 105 Å². The summed E-state index contributed by atoms with van der Waals surface area (Å²) in [6, 6.07) is 3.98. The van der Waals surface area contributed by atoms with Crippen molar-refractivity contribution in [2.45, 2.75) is 32.4 Å². The van der Waals surface area contributed by atoms with E-state index in [0.717, 1.165) is 31.2 Å². The zero-order valence-corrected chi connectivity index (χ0v) is 10.4. The molecule has 18 heavy (non-hydrogen) atoms. The average Bonchev–Trinajstić information content (AvgIpc) is 2.81. The van der Waals surface area contributed by atoms with Gasteiger partial charge in [0.15, 0.2) is 0 Å². The van der Waals surface area contributed by atoms with Crippen LogP contribution in [0.1, 0.15) is 24.4 Å². The molecule has 3 heterocycles. The van der Waals surface area contributed by atoms with E-state index in [1.165, 1.54) is 4.90 Å². The molecule has 96 valence electrons. The zero-order chi connectivity index (χ0) is 12.7. The fourth-order valence-corrected chi connectivity index (χ4v) is 2.63. The standard InChI is InChI=1S/C13H16N2O3/c1-9-2-3-11(18-9)8-14-6-10(7-14)15-12(16)4-5-13(15)17/h2-3,10H,4-8H2,1H3. The van der Waals surface area contributed by atoms with E-state index in [-0.39, 0.29) is 17.9 Å². The van der Waals surface area contributed by atoms with Gasteiger partial charge in [-0.05, 0) is 19.1 Å². The van der Waals surface area contributed by atoms with E-state index in [9.17, 15) is 9.59 Å². The molecule has 1 aromatic rings. The van der Waals surface area contributed by atoms with E-state index in [1.807, 2.05) is 19.1 Å². The number of nitrogens with zero attached hydrogens (tertiary/aromatic N) is 2. The van der Waals surface area contributed by atoms with Crippen LogP contribution in [-0.2, 0) is 16.1 Å². The van der Waals surface area contributed by atoms with Crippen molar-refractivity contribution >= 4 is 11.8 Å². The van der Waals surface area contributed by atoms with E-state index in [4.69, 9.17) is 4.42 Å². The van der Waals surface area contributed by atoms with Crippen molar-refractivity contribution in [2.24, 2.45) is 0 Å². The van der Waals surface area contributed by atoms with E-state index in [1.54, 1.807) is 0 Å². The number of imide groups is 1. The van der Waals surface area contributed by atoms with Crippen molar-refractivity contribution in [3.63, 3.8) is 0 Å². The number of amides is 2. The molecule has 0 aliphatic carbocycles. The first-order valence-electron chi connectivity index (χ1n) is 6.26. The summed E-state index contributed by atoms with van der Waals surface area (Å²) in [6.45, 7) is 4.19. The minimum atomic E-state index is -0.0153. The Balaban J connectivity index is 1.54. The maximum Gasteiger partial charge on any atom is 0.230 e. The van der Waals surface area contributed by atoms with Crippen molar-refractivity contribution in [3.05, 3.63) is 23.7 Å². The number of furan rings is 1. The van der Waals surface area contributed by atoms with E-state index in [0.29, 0.717) is 12.8 Å². The Kier molecular flexibility index (Phi) is 2.70. The van der Waals surface area contributed by atoms with Gasteiger partial charge < -0.3 is 4.42 Å². The van der Waals surface area contributed by atoms with Gasteiger partial charge in [0.2, 0.25) is 11.8 Å². The third-order valence-corrected chi connectivity index (χ3v) is 3.57. The van der Waals surface area contributed by atoms with Crippen molar-refractivity contribution in [2.75, 3.05) is 13.1 Å². The highest BCUT2D eigenvalue weighted by Crippen LogP contribution is 2.23. The van der Waals surface area contributed by atoms with Gasteiger partial charge in [-0.2, -0.15) is 0 Å². The summed E-state index contributed by atoms with van der Waals surface area (Å²) in [5.41, 5.74) is 0. The molecule has 2 aliphatic rings. The molecule has 0 radical (unpaired) electrons. The second kappa shape index (κ2) is 4.24. The fraction of sp³-hybridized carbons (Fsp3) is 0.538. The number of aryl methyl sites for hydroxylation is 1. The SMILES string of the molecule is Cc1ccc(CN2CC(N3C(=O)CCC3=O)C2)o1. The maximum atomic E-state index is 11.6. The summed E-state index contributed by atoms with van der Waals surface area (Å²) in [4.78, 5) is 26.7. The highest BCUT2D eigenvalue weighted by Gasteiger charge is 2.41. The van der Waals surface area contributed by atoms with Crippen LogP contribution in [0, 0.1) is 6.92 Å². The minimum absolute atomic E-state index is 0.0153. The van der Waals surface area contributed by atoms with Gasteiger partial charge in [0.25, 0.3) is 0 Å². The lowest BCUT2D eigenvalue weighted by molar-refractivity contribution is -0.145. The van der Waals surface area contributed by atoms with Gasteiger partial charge in [-0.1, -0.05) is 0 Å². The molecular formula is C13H16N2O3. The molecule has 0 atom stereocenters. The number of rotatable bonds is 3. The van der Waals surface area contributed by atoms with Gasteiger partial charge in [0.1, 0.15) is 11.5 Å². The molecule has 0 aromatic carbocycles. The highest BCUT2D eigenvalue weighted by atomic mass is 16.3. The van der Waals surface area contributed by atoms with Crippen LogP contribution in [0.25, 0.3) is 0 Å². The molecule has 2 saturated heterocycles. The Morgan fingerprint density at radius 1 is 1.22 bits per heavy atom. The number of likely N-dealkylation sites (tertiary alicyclic amines) is 2. The van der Waals surface area contributed by atoms with Crippen molar-refractivity contribution < 1.29 is 14.0 Å². The lowest BCUT2D eigenvalue weighted by Gasteiger charge is -2.42. The molecule has 0 spiro atoms. The molecule has 5 nitrogen and oxygen atoms in total. The molecule has 2 fully saturated rings. The van der Waals surface area contributed by atoms with Crippen LogP contribution in [0.2, 0.25) is 0 Å². The normalized spacial score (nSPS) is 21.7. The molecule has 0 unspecified atom stereocenters. The first-order chi connectivity index (χ1) is 8.63. The summed E-state index contributed by atoms with van der Waals surface area (Å²) in [7, 11) is 0. The third kappa shape index (κ3) is 1.95. The smallest absolute Gasteiger partial charge is 0.230 e. The highest BCUT2D eigenvalue weighted by molar-refractivity contribution is 6.02. The van der Waals surface area contributed by atoms with Crippen LogP contribution in [0.15, 0.2) is 16.5 Å². The Hall–Kier alpha value is -1.62. The van der Waals surface area contributed by atoms with E-state index in [2.05, 4.69) is 4.90 Å². The predicted octanol–water partition coefficient (Wildman–Crippen LogP) is 0.921. The number of carbonyl (C=O) groups is 2. The molecule has 1 aromatic heterocycles. The quantitative estimate of drug-likeness (QED) is 0.746. The van der Waals surface area contributed by atoms with Crippen LogP contribution in [0.3, 0.4) is 0 Å². The maximum absolute atomic E-state index is 11.6. The Bertz CT molecular complexity index is 472. The molecule has 0 saturated carbocycles. The minimum Gasteiger partial charge on any atom is -0.465 e. The number of hydrogen-bond acceptors (Lipinski definition) is 4. The van der Waals surface area contributed by atoms with Gasteiger partial charge in [-0.25, -0.2) is 0 Å². The first-order valence-corrected chi connectivity index (χ1v) is 6.26. The molecule has 2 amide bonds. The van der Waals surface area contributed by atoms with Gasteiger partial charge >= 0.3 is 0 Å². The largest absolute Gasteiger partial charge is 0.465 e.